The molecule has 0 unspecified atom stereocenters. The Morgan fingerprint density at radius 1 is 0.774 bits per heavy atom. The van der Waals surface area contributed by atoms with E-state index in [1.54, 1.807) is 48.5 Å². The Bertz CT molecular complexity index is 1160. The fourth-order valence-corrected chi connectivity index (χ4v) is 2.91. The van der Waals surface area contributed by atoms with Crippen molar-refractivity contribution in [1.82, 2.24) is 14.8 Å². The van der Waals surface area contributed by atoms with E-state index in [1.165, 1.54) is 28.9 Å². The lowest BCUT2D eigenvalue weighted by atomic mass is 10.2. The van der Waals surface area contributed by atoms with E-state index in [9.17, 15) is 13.6 Å². The lowest BCUT2D eigenvalue weighted by Gasteiger charge is -2.07. The molecule has 8 heteroatoms. The van der Waals surface area contributed by atoms with Crippen LogP contribution in [0.25, 0.3) is 0 Å². The van der Waals surface area contributed by atoms with Crippen molar-refractivity contribution in [2.45, 2.75) is 13.1 Å². The van der Waals surface area contributed by atoms with E-state index in [0.29, 0.717) is 18.7 Å². The van der Waals surface area contributed by atoms with E-state index in [2.05, 4.69) is 20.7 Å². The van der Waals surface area contributed by atoms with Crippen molar-refractivity contribution in [2.24, 2.45) is 0 Å². The highest BCUT2D eigenvalue weighted by Gasteiger charge is 2.17. The maximum atomic E-state index is 13.1. The highest BCUT2D eigenvalue weighted by atomic mass is 19.1. The lowest BCUT2D eigenvalue weighted by Crippen LogP contribution is -2.17. The van der Waals surface area contributed by atoms with E-state index in [0.717, 1.165) is 11.1 Å². The Morgan fingerprint density at radius 3 is 1.90 bits per heavy atom. The SMILES string of the molecule is O=C(c1ccccc1)n1nc(NCc2ccc(F)cc2)nc1NCc1ccc(F)cc1. The molecule has 0 spiro atoms. The molecule has 4 rings (SSSR count). The molecule has 0 aliphatic heterocycles. The number of halogens is 2. The number of carbonyl (C=O) groups is 1. The van der Waals surface area contributed by atoms with Crippen molar-refractivity contribution >= 4 is 17.8 Å². The topological polar surface area (TPSA) is 71.8 Å². The highest BCUT2D eigenvalue weighted by Crippen LogP contribution is 2.15. The molecule has 6 nitrogen and oxygen atoms in total. The summed E-state index contributed by atoms with van der Waals surface area (Å²) >= 11 is 0. The fourth-order valence-electron chi connectivity index (χ4n) is 2.91. The third-order valence-electron chi connectivity index (χ3n) is 4.55. The normalized spacial score (nSPS) is 10.6. The standard InChI is InChI=1S/C23H19F2N5O/c24-19-10-6-16(7-11-19)14-26-22-28-23(27-15-17-8-12-20(25)13-9-17)30(29-22)21(31)18-4-2-1-3-5-18/h1-13H,14-15H2,(H2,26,27,28,29). The molecule has 0 saturated carbocycles. The Labute approximate surface area is 177 Å². The van der Waals surface area contributed by atoms with Crippen LogP contribution in [0.3, 0.4) is 0 Å². The summed E-state index contributed by atoms with van der Waals surface area (Å²) < 4.78 is 27.4. The largest absolute Gasteiger partial charge is 0.350 e. The molecule has 0 aliphatic carbocycles. The molecule has 156 valence electrons. The number of nitrogens with zero attached hydrogens (tertiary/aromatic N) is 3. The van der Waals surface area contributed by atoms with E-state index < -0.39 is 0 Å². The molecule has 0 bridgehead atoms. The lowest BCUT2D eigenvalue weighted by molar-refractivity contribution is 0.0947. The molecule has 1 aromatic heterocycles. The van der Waals surface area contributed by atoms with Crippen LogP contribution in [-0.4, -0.2) is 20.7 Å². The van der Waals surface area contributed by atoms with E-state index >= 15 is 0 Å². The predicted molar refractivity (Wildman–Crippen MR) is 114 cm³/mol. The maximum absolute atomic E-state index is 13.1. The van der Waals surface area contributed by atoms with Crippen LogP contribution < -0.4 is 10.6 Å². The second-order valence-corrected chi connectivity index (χ2v) is 6.80. The zero-order valence-electron chi connectivity index (χ0n) is 16.4. The summed E-state index contributed by atoms with van der Waals surface area (Å²) in [7, 11) is 0. The van der Waals surface area contributed by atoms with Gasteiger partial charge in [0.1, 0.15) is 11.6 Å². The minimum Gasteiger partial charge on any atom is -0.350 e. The second kappa shape index (κ2) is 9.17. The van der Waals surface area contributed by atoms with Crippen LogP contribution in [0.1, 0.15) is 21.5 Å². The van der Waals surface area contributed by atoms with Crippen molar-refractivity contribution in [3.05, 3.63) is 107 Å². The smallest absolute Gasteiger partial charge is 0.281 e. The van der Waals surface area contributed by atoms with Gasteiger partial charge in [-0.1, -0.05) is 42.5 Å². The van der Waals surface area contributed by atoms with Gasteiger partial charge in [-0.05, 0) is 47.5 Å². The summed E-state index contributed by atoms with van der Waals surface area (Å²) in [6.45, 7) is 0.694. The van der Waals surface area contributed by atoms with Crippen LogP contribution in [0, 0.1) is 11.6 Å². The number of hydrogen-bond donors (Lipinski definition) is 2. The van der Waals surface area contributed by atoms with Gasteiger partial charge in [0.15, 0.2) is 0 Å². The first-order valence-corrected chi connectivity index (χ1v) is 9.62. The van der Waals surface area contributed by atoms with Gasteiger partial charge in [0.2, 0.25) is 11.9 Å². The van der Waals surface area contributed by atoms with Crippen molar-refractivity contribution < 1.29 is 13.6 Å². The zero-order chi connectivity index (χ0) is 21.6. The number of benzene rings is 3. The van der Waals surface area contributed by atoms with Gasteiger partial charge in [-0.3, -0.25) is 4.79 Å². The molecule has 0 aliphatic rings. The van der Waals surface area contributed by atoms with E-state index in [1.807, 2.05) is 6.07 Å². The molecule has 1 heterocycles. The molecular weight excluding hydrogens is 400 g/mol. The summed E-state index contributed by atoms with van der Waals surface area (Å²) in [5, 5.41) is 10.4. The van der Waals surface area contributed by atoms with Gasteiger partial charge in [-0.15, -0.1) is 5.10 Å². The number of anilines is 2. The third-order valence-corrected chi connectivity index (χ3v) is 4.55. The number of carbonyl (C=O) groups excluding carboxylic acids is 1. The number of nitrogens with one attached hydrogen (secondary N) is 2. The zero-order valence-corrected chi connectivity index (χ0v) is 16.4. The van der Waals surface area contributed by atoms with Crippen molar-refractivity contribution in [3.63, 3.8) is 0 Å². The summed E-state index contributed by atoms with van der Waals surface area (Å²) in [6.07, 6.45) is 0. The minimum absolute atomic E-state index is 0.246. The van der Waals surface area contributed by atoms with Gasteiger partial charge in [-0.2, -0.15) is 9.67 Å². The number of rotatable bonds is 7. The quantitative estimate of drug-likeness (QED) is 0.463. The Kier molecular flexibility index (Phi) is 5.98. The average molecular weight is 419 g/mol. The Morgan fingerprint density at radius 2 is 1.32 bits per heavy atom. The van der Waals surface area contributed by atoms with Gasteiger partial charge in [0, 0.05) is 18.7 Å². The molecule has 4 aromatic rings. The number of aromatic nitrogens is 3. The fraction of sp³-hybridized carbons (Fsp3) is 0.0870. The van der Waals surface area contributed by atoms with Gasteiger partial charge < -0.3 is 10.6 Å². The summed E-state index contributed by atoms with van der Waals surface area (Å²) in [5.41, 5.74) is 2.12. The molecule has 0 radical (unpaired) electrons. The Balaban J connectivity index is 1.55. The summed E-state index contributed by atoms with van der Waals surface area (Å²) in [5.74, 6) is -0.482. The van der Waals surface area contributed by atoms with Gasteiger partial charge in [-0.25, -0.2) is 8.78 Å². The van der Waals surface area contributed by atoms with Crippen LogP contribution in [0.15, 0.2) is 78.9 Å². The molecule has 0 amide bonds. The molecule has 0 fully saturated rings. The molecular formula is C23H19F2N5O. The van der Waals surface area contributed by atoms with Crippen LogP contribution in [0.2, 0.25) is 0 Å². The highest BCUT2D eigenvalue weighted by molar-refractivity contribution is 5.96. The van der Waals surface area contributed by atoms with Crippen molar-refractivity contribution in [3.8, 4) is 0 Å². The summed E-state index contributed by atoms with van der Waals surface area (Å²) in [4.78, 5) is 17.3. The minimum atomic E-state index is -0.343. The van der Waals surface area contributed by atoms with E-state index in [4.69, 9.17) is 0 Å². The molecule has 0 saturated heterocycles. The van der Waals surface area contributed by atoms with E-state index in [-0.39, 0.29) is 29.4 Å². The Hall–Kier alpha value is -4.07. The van der Waals surface area contributed by atoms with Crippen molar-refractivity contribution in [2.75, 3.05) is 10.6 Å². The van der Waals surface area contributed by atoms with Crippen LogP contribution in [0.4, 0.5) is 20.7 Å². The van der Waals surface area contributed by atoms with Crippen molar-refractivity contribution in [1.29, 1.82) is 0 Å². The van der Waals surface area contributed by atoms with Gasteiger partial charge >= 0.3 is 0 Å². The third kappa shape index (κ3) is 5.11. The molecule has 31 heavy (non-hydrogen) atoms. The maximum Gasteiger partial charge on any atom is 0.281 e. The second-order valence-electron chi connectivity index (χ2n) is 6.80. The van der Waals surface area contributed by atoms with Gasteiger partial charge in [0.25, 0.3) is 5.91 Å². The number of hydrogen-bond acceptors (Lipinski definition) is 5. The van der Waals surface area contributed by atoms with Crippen LogP contribution >= 0.6 is 0 Å². The predicted octanol–water partition coefficient (Wildman–Crippen LogP) is 4.47. The van der Waals surface area contributed by atoms with Crippen LogP contribution in [-0.2, 0) is 13.1 Å². The molecule has 3 aromatic carbocycles. The monoisotopic (exact) mass is 419 g/mol. The first-order chi connectivity index (χ1) is 15.1. The first-order valence-electron chi connectivity index (χ1n) is 9.62. The molecule has 0 atom stereocenters. The molecule has 2 N–H and O–H groups in total. The van der Waals surface area contributed by atoms with Crippen LogP contribution in [0.5, 0.6) is 0 Å². The van der Waals surface area contributed by atoms with Gasteiger partial charge in [0.05, 0.1) is 0 Å². The summed E-state index contributed by atoms with van der Waals surface area (Å²) in [6, 6.07) is 20.8. The average Bonchev–Trinajstić information content (AvgIpc) is 3.21. The first kappa shape index (κ1) is 20.2.